The first kappa shape index (κ1) is 18.6. The van der Waals surface area contributed by atoms with Crippen molar-refractivity contribution in [1.29, 1.82) is 0 Å². The zero-order chi connectivity index (χ0) is 16.9. The lowest BCUT2D eigenvalue weighted by Crippen LogP contribution is -2.44. The summed E-state index contributed by atoms with van der Waals surface area (Å²) in [5, 5.41) is 3.91. The number of rotatable bonds is 8. The van der Waals surface area contributed by atoms with Gasteiger partial charge in [-0.05, 0) is 18.8 Å². The number of hydrogen-bond acceptors (Lipinski definition) is 6. The summed E-state index contributed by atoms with van der Waals surface area (Å²) < 4.78 is 10.8. The maximum atomic E-state index is 12.1. The van der Waals surface area contributed by atoms with Gasteiger partial charge < -0.3 is 19.9 Å². The van der Waals surface area contributed by atoms with E-state index in [-0.39, 0.29) is 24.5 Å². The number of nitrogens with zero attached hydrogens (tertiary/aromatic N) is 3. The second kappa shape index (κ2) is 8.24. The monoisotopic (exact) mass is 312 g/mol. The van der Waals surface area contributed by atoms with Crippen molar-refractivity contribution in [2.75, 3.05) is 13.7 Å². The summed E-state index contributed by atoms with van der Waals surface area (Å²) in [5.74, 6) is 1.25. The van der Waals surface area contributed by atoms with E-state index in [2.05, 4.69) is 24.0 Å². The van der Waals surface area contributed by atoms with Gasteiger partial charge in [-0.25, -0.2) is 0 Å². The largest absolute Gasteiger partial charge is 0.370 e. The van der Waals surface area contributed by atoms with Crippen molar-refractivity contribution in [3.8, 4) is 0 Å². The summed E-state index contributed by atoms with van der Waals surface area (Å²) in [4.78, 5) is 17.9. The van der Waals surface area contributed by atoms with Crippen LogP contribution in [-0.4, -0.2) is 40.6 Å². The van der Waals surface area contributed by atoms with Crippen LogP contribution in [0.3, 0.4) is 0 Å². The van der Waals surface area contributed by atoms with Crippen LogP contribution in [0, 0.1) is 11.8 Å². The second-order valence-corrected chi connectivity index (χ2v) is 6.38. The third-order valence-corrected chi connectivity index (χ3v) is 3.28. The standard InChI is InChI=1S/C15H28N4O3/c1-9(2)8-21-11(5)14-17-12(22-18-14)7-19(6)15(20)13(16)10(3)4/h9-11,13H,7-8,16H2,1-6H3/t11?,13-/m0/s1. The fraction of sp³-hybridized carbons (Fsp3) is 0.800. The molecule has 1 aromatic heterocycles. The maximum Gasteiger partial charge on any atom is 0.246 e. The molecule has 2 atom stereocenters. The minimum absolute atomic E-state index is 0.0812. The van der Waals surface area contributed by atoms with Gasteiger partial charge in [-0.1, -0.05) is 32.9 Å². The number of carbonyl (C=O) groups excluding carboxylic acids is 1. The highest BCUT2D eigenvalue weighted by Gasteiger charge is 2.23. The Morgan fingerprint density at radius 2 is 1.95 bits per heavy atom. The highest BCUT2D eigenvalue weighted by molar-refractivity contribution is 5.81. The lowest BCUT2D eigenvalue weighted by Gasteiger charge is -2.21. The zero-order valence-electron chi connectivity index (χ0n) is 14.4. The number of likely N-dealkylation sites (N-methyl/N-ethyl adjacent to an activating group) is 1. The Morgan fingerprint density at radius 1 is 1.32 bits per heavy atom. The molecule has 0 aliphatic heterocycles. The van der Waals surface area contributed by atoms with E-state index in [9.17, 15) is 4.79 Å². The van der Waals surface area contributed by atoms with Gasteiger partial charge in [-0.2, -0.15) is 4.98 Å². The van der Waals surface area contributed by atoms with Gasteiger partial charge in [0.15, 0.2) is 5.82 Å². The molecule has 126 valence electrons. The zero-order valence-corrected chi connectivity index (χ0v) is 14.4. The molecule has 0 spiro atoms. The summed E-state index contributed by atoms with van der Waals surface area (Å²) in [6, 6.07) is -0.527. The van der Waals surface area contributed by atoms with Crippen molar-refractivity contribution >= 4 is 5.91 Å². The van der Waals surface area contributed by atoms with Gasteiger partial charge in [0.1, 0.15) is 6.10 Å². The molecule has 0 radical (unpaired) electrons. The predicted molar refractivity (Wildman–Crippen MR) is 82.8 cm³/mol. The molecule has 1 rings (SSSR count). The van der Waals surface area contributed by atoms with Crippen LogP contribution in [0.1, 0.15) is 52.4 Å². The van der Waals surface area contributed by atoms with Crippen molar-refractivity contribution in [3.05, 3.63) is 11.7 Å². The van der Waals surface area contributed by atoms with Crippen molar-refractivity contribution in [2.45, 2.75) is 53.3 Å². The van der Waals surface area contributed by atoms with Crippen LogP contribution >= 0.6 is 0 Å². The van der Waals surface area contributed by atoms with Crippen molar-refractivity contribution in [1.82, 2.24) is 15.0 Å². The molecule has 22 heavy (non-hydrogen) atoms. The minimum Gasteiger partial charge on any atom is -0.370 e. The van der Waals surface area contributed by atoms with Crippen LogP contribution in [0.2, 0.25) is 0 Å². The Labute approximate surface area is 132 Å². The van der Waals surface area contributed by atoms with E-state index in [1.165, 1.54) is 4.90 Å². The van der Waals surface area contributed by atoms with Gasteiger partial charge in [-0.15, -0.1) is 0 Å². The summed E-state index contributed by atoms with van der Waals surface area (Å²) in [6.45, 7) is 10.7. The van der Waals surface area contributed by atoms with E-state index in [4.69, 9.17) is 15.0 Å². The van der Waals surface area contributed by atoms with Crippen LogP contribution < -0.4 is 5.73 Å². The molecule has 1 unspecified atom stereocenters. The number of ether oxygens (including phenoxy) is 1. The van der Waals surface area contributed by atoms with E-state index >= 15 is 0 Å². The number of carbonyl (C=O) groups is 1. The average Bonchev–Trinajstić information content (AvgIpc) is 2.91. The van der Waals surface area contributed by atoms with Gasteiger partial charge in [0, 0.05) is 13.7 Å². The van der Waals surface area contributed by atoms with Crippen LogP contribution in [0.4, 0.5) is 0 Å². The average molecular weight is 312 g/mol. The molecule has 7 nitrogen and oxygen atoms in total. The Balaban J connectivity index is 2.59. The highest BCUT2D eigenvalue weighted by atomic mass is 16.5. The Bertz CT molecular complexity index is 473. The summed E-state index contributed by atoms with van der Waals surface area (Å²) in [7, 11) is 1.67. The molecule has 7 heteroatoms. The number of amides is 1. The third-order valence-electron chi connectivity index (χ3n) is 3.28. The molecule has 0 saturated carbocycles. The second-order valence-electron chi connectivity index (χ2n) is 6.38. The Kier molecular flexibility index (Phi) is 6.96. The molecule has 1 heterocycles. The molecule has 2 N–H and O–H groups in total. The SMILES string of the molecule is CC(C)COC(C)c1noc(CN(C)C(=O)[C@@H](N)C(C)C)n1. The van der Waals surface area contributed by atoms with Gasteiger partial charge in [-0.3, -0.25) is 4.79 Å². The molecule has 1 amide bonds. The van der Waals surface area contributed by atoms with Gasteiger partial charge in [0.25, 0.3) is 0 Å². The lowest BCUT2D eigenvalue weighted by molar-refractivity contribution is -0.133. The molecule has 0 aliphatic rings. The van der Waals surface area contributed by atoms with E-state index in [0.717, 1.165) is 0 Å². The predicted octanol–water partition coefficient (Wildman–Crippen LogP) is 1.74. The number of aromatic nitrogens is 2. The third kappa shape index (κ3) is 5.38. The first-order valence-electron chi connectivity index (χ1n) is 7.67. The molecular weight excluding hydrogens is 284 g/mol. The Morgan fingerprint density at radius 3 is 2.50 bits per heavy atom. The van der Waals surface area contributed by atoms with Gasteiger partial charge >= 0.3 is 0 Å². The van der Waals surface area contributed by atoms with Crippen LogP contribution in [0.5, 0.6) is 0 Å². The first-order chi connectivity index (χ1) is 10.2. The van der Waals surface area contributed by atoms with E-state index in [1.807, 2.05) is 20.8 Å². The number of nitrogens with two attached hydrogens (primary N) is 1. The molecule has 0 aliphatic carbocycles. The van der Waals surface area contributed by atoms with Gasteiger partial charge in [0.05, 0.1) is 12.6 Å². The summed E-state index contributed by atoms with van der Waals surface area (Å²) in [5.41, 5.74) is 5.86. The van der Waals surface area contributed by atoms with E-state index in [1.54, 1.807) is 7.05 Å². The Hall–Kier alpha value is -1.47. The molecule has 0 saturated heterocycles. The minimum atomic E-state index is -0.527. The van der Waals surface area contributed by atoms with Crippen LogP contribution in [-0.2, 0) is 16.1 Å². The smallest absolute Gasteiger partial charge is 0.246 e. The summed E-state index contributed by atoms with van der Waals surface area (Å²) >= 11 is 0. The fourth-order valence-electron chi connectivity index (χ4n) is 1.73. The topological polar surface area (TPSA) is 94.5 Å². The normalized spacial score (nSPS) is 14.4. The van der Waals surface area contributed by atoms with Crippen LogP contribution in [0.15, 0.2) is 4.52 Å². The molecular formula is C15H28N4O3. The fourth-order valence-corrected chi connectivity index (χ4v) is 1.73. The molecule has 0 aromatic carbocycles. The van der Waals surface area contributed by atoms with Gasteiger partial charge in [0.2, 0.25) is 11.8 Å². The maximum absolute atomic E-state index is 12.1. The van der Waals surface area contributed by atoms with Crippen molar-refractivity contribution < 1.29 is 14.1 Å². The highest BCUT2D eigenvalue weighted by Crippen LogP contribution is 2.15. The molecule has 1 aromatic rings. The quantitative estimate of drug-likeness (QED) is 0.785. The van der Waals surface area contributed by atoms with Crippen molar-refractivity contribution in [3.63, 3.8) is 0 Å². The van der Waals surface area contributed by atoms with Crippen molar-refractivity contribution in [2.24, 2.45) is 17.6 Å². The van der Waals surface area contributed by atoms with E-state index in [0.29, 0.717) is 24.2 Å². The van der Waals surface area contributed by atoms with E-state index < -0.39 is 6.04 Å². The number of hydrogen-bond donors (Lipinski definition) is 1. The molecule has 0 bridgehead atoms. The lowest BCUT2D eigenvalue weighted by atomic mass is 10.0. The first-order valence-corrected chi connectivity index (χ1v) is 7.67. The summed E-state index contributed by atoms with van der Waals surface area (Å²) in [6.07, 6.45) is -0.237. The molecule has 0 fully saturated rings. The van der Waals surface area contributed by atoms with Crippen LogP contribution in [0.25, 0.3) is 0 Å².